The summed E-state index contributed by atoms with van der Waals surface area (Å²) in [7, 11) is 1.88. The monoisotopic (exact) mass is 412 g/mol. The molecule has 1 amide bonds. The summed E-state index contributed by atoms with van der Waals surface area (Å²) in [5, 5.41) is 8.13. The maximum Gasteiger partial charge on any atom is 0.238 e. The van der Waals surface area contributed by atoms with Crippen LogP contribution in [0.5, 0.6) is 5.75 Å². The minimum Gasteiger partial charge on any atom is -0.491 e. The summed E-state index contributed by atoms with van der Waals surface area (Å²) in [5.74, 6) is 0.552. The van der Waals surface area contributed by atoms with Gasteiger partial charge in [-0.2, -0.15) is 5.10 Å². The predicted molar refractivity (Wildman–Crippen MR) is 116 cm³/mol. The second-order valence-corrected chi connectivity index (χ2v) is 7.27. The van der Waals surface area contributed by atoms with E-state index in [1.165, 1.54) is 0 Å². The fourth-order valence-corrected chi connectivity index (χ4v) is 3.21. The SMILES string of the molecule is Cc1nn(-c2ccccc2)c(C)c1NC(=O)CN(C)CCOc1ccccc1Cl. The molecule has 2 aromatic carbocycles. The predicted octanol–water partition coefficient (Wildman–Crippen LogP) is 4.09. The molecule has 29 heavy (non-hydrogen) atoms. The highest BCUT2D eigenvalue weighted by Gasteiger charge is 2.16. The maximum atomic E-state index is 12.5. The molecular formula is C22H25ClN4O2. The van der Waals surface area contributed by atoms with Gasteiger partial charge in [0.15, 0.2) is 0 Å². The second kappa shape index (κ2) is 9.58. The van der Waals surface area contributed by atoms with Crippen LogP contribution in [-0.4, -0.2) is 47.3 Å². The Labute approximate surface area is 176 Å². The van der Waals surface area contributed by atoms with Crippen LogP contribution in [0.3, 0.4) is 0 Å². The summed E-state index contributed by atoms with van der Waals surface area (Å²) in [6, 6.07) is 17.2. The molecule has 1 aromatic heterocycles. The van der Waals surface area contributed by atoms with Crippen LogP contribution < -0.4 is 10.1 Å². The number of aryl methyl sites for hydroxylation is 1. The fourth-order valence-electron chi connectivity index (χ4n) is 3.02. The molecule has 0 spiro atoms. The topological polar surface area (TPSA) is 59.4 Å². The van der Waals surface area contributed by atoms with E-state index in [9.17, 15) is 4.79 Å². The molecule has 0 aliphatic carbocycles. The van der Waals surface area contributed by atoms with Crippen molar-refractivity contribution < 1.29 is 9.53 Å². The highest BCUT2D eigenvalue weighted by Crippen LogP contribution is 2.23. The average Bonchev–Trinajstić information content (AvgIpc) is 2.98. The molecule has 0 saturated heterocycles. The third-order valence-electron chi connectivity index (χ3n) is 4.54. The number of carbonyl (C=O) groups excluding carboxylic acids is 1. The van der Waals surface area contributed by atoms with Gasteiger partial charge in [0.1, 0.15) is 12.4 Å². The number of nitrogens with zero attached hydrogens (tertiary/aromatic N) is 3. The van der Waals surface area contributed by atoms with Crippen molar-refractivity contribution in [2.45, 2.75) is 13.8 Å². The van der Waals surface area contributed by atoms with E-state index in [1.54, 1.807) is 6.07 Å². The van der Waals surface area contributed by atoms with E-state index >= 15 is 0 Å². The van der Waals surface area contributed by atoms with Crippen LogP contribution in [-0.2, 0) is 4.79 Å². The molecule has 0 atom stereocenters. The summed E-state index contributed by atoms with van der Waals surface area (Å²) in [4.78, 5) is 14.4. The Morgan fingerprint density at radius 2 is 1.83 bits per heavy atom. The Morgan fingerprint density at radius 3 is 2.55 bits per heavy atom. The van der Waals surface area contributed by atoms with Crippen molar-refractivity contribution in [2.75, 3.05) is 32.1 Å². The van der Waals surface area contributed by atoms with Crippen molar-refractivity contribution in [2.24, 2.45) is 0 Å². The smallest absolute Gasteiger partial charge is 0.238 e. The maximum absolute atomic E-state index is 12.5. The van der Waals surface area contributed by atoms with Crippen LogP contribution in [0.4, 0.5) is 5.69 Å². The second-order valence-electron chi connectivity index (χ2n) is 6.86. The number of rotatable bonds is 8. The van der Waals surface area contributed by atoms with Gasteiger partial charge in [-0.05, 0) is 45.2 Å². The van der Waals surface area contributed by atoms with Gasteiger partial charge in [0.05, 0.1) is 34.3 Å². The largest absolute Gasteiger partial charge is 0.491 e. The molecule has 0 unspecified atom stereocenters. The highest BCUT2D eigenvalue weighted by molar-refractivity contribution is 6.32. The molecule has 0 radical (unpaired) electrons. The van der Waals surface area contributed by atoms with Crippen LogP contribution >= 0.6 is 11.6 Å². The van der Waals surface area contributed by atoms with Gasteiger partial charge in [-0.1, -0.05) is 41.9 Å². The molecule has 0 saturated carbocycles. The van der Waals surface area contributed by atoms with Crippen molar-refractivity contribution in [3.05, 3.63) is 71.0 Å². The molecule has 6 nitrogen and oxygen atoms in total. The van der Waals surface area contributed by atoms with Crippen molar-refractivity contribution >= 4 is 23.2 Å². The number of benzene rings is 2. The summed E-state index contributed by atoms with van der Waals surface area (Å²) < 4.78 is 7.52. The summed E-state index contributed by atoms with van der Waals surface area (Å²) in [6.45, 7) is 5.13. The Balaban J connectivity index is 1.54. The number of hydrogen-bond acceptors (Lipinski definition) is 4. The normalized spacial score (nSPS) is 10.9. The summed E-state index contributed by atoms with van der Waals surface area (Å²) in [6.07, 6.45) is 0. The van der Waals surface area contributed by atoms with Gasteiger partial charge < -0.3 is 10.1 Å². The molecule has 0 aliphatic rings. The van der Waals surface area contributed by atoms with Crippen LogP contribution in [0.1, 0.15) is 11.4 Å². The molecule has 152 valence electrons. The third-order valence-corrected chi connectivity index (χ3v) is 4.85. The van der Waals surface area contributed by atoms with E-state index in [0.29, 0.717) is 23.9 Å². The number of halogens is 1. The van der Waals surface area contributed by atoms with Crippen LogP contribution in [0, 0.1) is 13.8 Å². The zero-order chi connectivity index (χ0) is 20.8. The number of likely N-dealkylation sites (N-methyl/N-ethyl adjacent to an activating group) is 1. The van der Waals surface area contributed by atoms with Gasteiger partial charge >= 0.3 is 0 Å². The summed E-state index contributed by atoms with van der Waals surface area (Å²) in [5.41, 5.74) is 3.39. The van der Waals surface area contributed by atoms with E-state index in [4.69, 9.17) is 16.3 Å². The Morgan fingerprint density at radius 1 is 1.14 bits per heavy atom. The molecular weight excluding hydrogens is 388 g/mol. The highest BCUT2D eigenvalue weighted by atomic mass is 35.5. The zero-order valence-corrected chi connectivity index (χ0v) is 17.6. The van der Waals surface area contributed by atoms with E-state index in [-0.39, 0.29) is 12.5 Å². The van der Waals surface area contributed by atoms with Crippen molar-refractivity contribution in [3.63, 3.8) is 0 Å². The molecule has 1 N–H and O–H groups in total. The van der Waals surface area contributed by atoms with Gasteiger partial charge in [-0.15, -0.1) is 0 Å². The van der Waals surface area contributed by atoms with E-state index in [2.05, 4.69) is 10.4 Å². The molecule has 1 heterocycles. The number of carbonyl (C=O) groups is 1. The minimum atomic E-state index is -0.0935. The quantitative estimate of drug-likeness (QED) is 0.605. The van der Waals surface area contributed by atoms with Gasteiger partial charge in [-0.25, -0.2) is 4.68 Å². The van der Waals surface area contributed by atoms with Crippen molar-refractivity contribution in [1.29, 1.82) is 0 Å². The van der Waals surface area contributed by atoms with Crippen LogP contribution in [0.25, 0.3) is 5.69 Å². The molecule has 0 aliphatic heterocycles. The Bertz CT molecular complexity index is 972. The summed E-state index contributed by atoms with van der Waals surface area (Å²) >= 11 is 6.08. The van der Waals surface area contributed by atoms with Gasteiger partial charge in [0.2, 0.25) is 5.91 Å². The standard InChI is InChI=1S/C22H25ClN4O2/c1-16-22(17(2)27(25-16)18-9-5-4-6-10-18)24-21(28)15-26(3)13-14-29-20-12-8-7-11-19(20)23/h4-12H,13-15H2,1-3H3,(H,24,28). The van der Waals surface area contributed by atoms with Crippen LogP contribution in [0.15, 0.2) is 54.6 Å². The van der Waals surface area contributed by atoms with E-state index in [0.717, 1.165) is 22.8 Å². The first-order valence-corrected chi connectivity index (χ1v) is 9.81. The number of ether oxygens (including phenoxy) is 1. The first-order valence-electron chi connectivity index (χ1n) is 9.43. The number of anilines is 1. The number of para-hydroxylation sites is 2. The Kier molecular flexibility index (Phi) is 6.90. The number of aromatic nitrogens is 2. The van der Waals surface area contributed by atoms with Crippen molar-refractivity contribution in [1.82, 2.24) is 14.7 Å². The first-order chi connectivity index (χ1) is 14.0. The first kappa shape index (κ1) is 20.9. The molecule has 3 rings (SSSR count). The lowest BCUT2D eigenvalue weighted by atomic mass is 10.3. The Hall–Kier alpha value is -2.83. The minimum absolute atomic E-state index is 0.0935. The van der Waals surface area contributed by atoms with Crippen LogP contribution in [0.2, 0.25) is 5.02 Å². The lowest BCUT2D eigenvalue weighted by Crippen LogP contribution is -2.33. The lowest BCUT2D eigenvalue weighted by Gasteiger charge is -2.17. The fraction of sp³-hybridized carbons (Fsp3) is 0.273. The number of nitrogens with one attached hydrogen (secondary N) is 1. The molecule has 0 fully saturated rings. The number of hydrogen-bond donors (Lipinski definition) is 1. The molecule has 7 heteroatoms. The number of amides is 1. The van der Waals surface area contributed by atoms with Crippen molar-refractivity contribution in [3.8, 4) is 11.4 Å². The van der Waals surface area contributed by atoms with E-state index in [1.807, 2.05) is 79.0 Å². The average molecular weight is 413 g/mol. The van der Waals surface area contributed by atoms with E-state index < -0.39 is 0 Å². The molecule has 0 bridgehead atoms. The van der Waals surface area contributed by atoms with Gasteiger partial charge in [0.25, 0.3) is 0 Å². The van der Waals surface area contributed by atoms with Gasteiger partial charge in [0, 0.05) is 6.54 Å². The van der Waals surface area contributed by atoms with Gasteiger partial charge in [-0.3, -0.25) is 9.69 Å². The third kappa shape index (κ3) is 5.37. The molecule has 3 aromatic rings. The zero-order valence-electron chi connectivity index (χ0n) is 16.9. The lowest BCUT2D eigenvalue weighted by molar-refractivity contribution is -0.117.